The van der Waals surface area contributed by atoms with Crippen molar-refractivity contribution in [1.29, 1.82) is 0 Å². The zero-order valence-electron chi connectivity index (χ0n) is 23.7. The fraction of sp³-hybridized carbons (Fsp3) is 0.158. The van der Waals surface area contributed by atoms with E-state index in [9.17, 15) is 0 Å². The van der Waals surface area contributed by atoms with Gasteiger partial charge < -0.3 is 9.31 Å². The van der Waals surface area contributed by atoms with Crippen molar-refractivity contribution in [3.05, 3.63) is 101 Å². The molecule has 1 aliphatic heterocycles. The van der Waals surface area contributed by atoms with Crippen LogP contribution in [0.15, 0.2) is 78.9 Å². The molecule has 0 N–H and O–H groups in total. The van der Waals surface area contributed by atoms with E-state index in [-0.39, 0.29) is 0 Å². The van der Waals surface area contributed by atoms with E-state index < -0.39 is 18.3 Å². The van der Waals surface area contributed by atoms with Crippen LogP contribution in [-0.4, -0.2) is 18.3 Å². The molecule has 0 radical (unpaired) electrons. The van der Waals surface area contributed by atoms with Gasteiger partial charge in [-0.1, -0.05) is 84.3 Å². The monoisotopic (exact) mass is 528 g/mol. The van der Waals surface area contributed by atoms with Crippen molar-refractivity contribution >= 4 is 12.6 Å². The Morgan fingerprint density at radius 1 is 0.537 bits per heavy atom. The zero-order chi connectivity index (χ0) is 29.4. The molecule has 1 aliphatic rings. The third-order valence-corrected chi connectivity index (χ3v) is 8.07. The summed E-state index contributed by atoms with van der Waals surface area (Å²) in [5, 5.41) is 0. The Morgan fingerprint density at radius 2 is 1.05 bits per heavy atom. The summed E-state index contributed by atoms with van der Waals surface area (Å²) in [4.78, 5) is 0. The molecule has 1 heterocycles. The van der Waals surface area contributed by atoms with Crippen LogP contribution in [0.3, 0.4) is 0 Å². The van der Waals surface area contributed by atoms with Crippen molar-refractivity contribution in [2.24, 2.45) is 0 Å². The van der Waals surface area contributed by atoms with E-state index in [2.05, 4.69) is 81.7 Å². The van der Waals surface area contributed by atoms with Gasteiger partial charge in [0.25, 0.3) is 0 Å². The summed E-state index contributed by atoms with van der Waals surface area (Å²) in [5.74, 6) is 11.1. The molecule has 196 valence electrons. The second kappa shape index (κ2) is 10.6. The number of hydrogen-bond donors (Lipinski definition) is 0. The standard InChI is InChI=1S/C38H29BO2/c1-9-26-16-14-20-33(31(26)11-3)35-23-22-29(25-36(35)34-21-15-17-27(10-2)32(34)12-4)28-18-13-19-30(24-28)39-40-37(5,6)38(7,8)41-39/h1-4,13-25H,5-8H3. The van der Waals surface area contributed by atoms with Gasteiger partial charge in [-0.25, -0.2) is 0 Å². The number of hydrogen-bond acceptors (Lipinski definition) is 2. The lowest BCUT2D eigenvalue weighted by Gasteiger charge is -2.32. The topological polar surface area (TPSA) is 18.5 Å². The van der Waals surface area contributed by atoms with Crippen LogP contribution in [-0.2, 0) is 9.31 Å². The first-order valence-electron chi connectivity index (χ1n) is 13.4. The molecule has 0 amide bonds. The van der Waals surface area contributed by atoms with Gasteiger partial charge in [-0.3, -0.25) is 0 Å². The molecule has 1 fully saturated rings. The predicted octanol–water partition coefficient (Wildman–Crippen LogP) is 6.91. The Balaban J connectivity index is 1.72. The van der Waals surface area contributed by atoms with E-state index in [4.69, 9.17) is 35.0 Å². The summed E-state index contributed by atoms with van der Waals surface area (Å²) in [7, 11) is -0.469. The van der Waals surface area contributed by atoms with Crippen molar-refractivity contribution in [3.8, 4) is 82.8 Å². The molecular weight excluding hydrogens is 499 g/mol. The highest BCUT2D eigenvalue weighted by molar-refractivity contribution is 6.62. The highest BCUT2D eigenvalue weighted by Crippen LogP contribution is 2.40. The van der Waals surface area contributed by atoms with Gasteiger partial charge in [-0.15, -0.1) is 25.7 Å². The van der Waals surface area contributed by atoms with Crippen LogP contribution < -0.4 is 5.46 Å². The smallest absolute Gasteiger partial charge is 0.399 e. The van der Waals surface area contributed by atoms with Crippen molar-refractivity contribution in [1.82, 2.24) is 0 Å². The summed E-state index contributed by atoms with van der Waals surface area (Å²) in [5.41, 5.74) is 8.20. The molecule has 4 aromatic carbocycles. The zero-order valence-corrected chi connectivity index (χ0v) is 23.7. The van der Waals surface area contributed by atoms with Gasteiger partial charge in [0.05, 0.1) is 11.2 Å². The lowest BCUT2D eigenvalue weighted by molar-refractivity contribution is 0.00578. The Labute approximate surface area is 244 Å². The second-order valence-electron chi connectivity index (χ2n) is 11.0. The lowest BCUT2D eigenvalue weighted by Crippen LogP contribution is -2.41. The fourth-order valence-corrected chi connectivity index (χ4v) is 5.13. The third kappa shape index (κ3) is 4.85. The van der Waals surface area contributed by atoms with E-state index in [0.29, 0.717) is 22.3 Å². The van der Waals surface area contributed by atoms with Crippen LogP contribution in [0.1, 0.15) is 49.9 Å². The Bertz CT molecular complexity index is 1830. The Hall–Kier alpha value is -4.90. The van der Waals surface area contributed by atoms with Gasteiger partial charge in [-0.2, -0.15) is 0 Å². The lowest BCUT2D eigenvalue weighted by atomic mass is 9.77. The minimum Gasteiger partial charge on any atom is -0.399 e. The van der Waals surface area contributed by atoms with Crippen molar-refractivity contribution < 1.29 is 9.31 Å². The molecule has 0 saturated carbocycles. The summed E-state index contributed by atoms with van der Waals surface area (Å²) in [6, 6.07) is 26.0. The molecule has 0 bridgehead atoms. The molecule has 0 atom stereocenters. The van der Waals surface area contributed by atoms with E-state index >= 15 is 0 Å². The quantitative estimate of drug-likeness (QED) is 0.212. The average molecular weight is 528 g/mol. The average Bonchev–Trinajstić information content (AvgIpc) is 3.21. The molecule has 0 aliphatic carbocycles. The van der Waals surface area contributed by atoms with Crippen molar-refractivity contribution in [2.75, 3.05) is 0 Å². The molecule has 1 saturated heterocycles. The van der Waals surface area contributed by atoms with E-state index in [1.165, 1.54) is 0 Å². The van der Waals surface area contributed by atoms with Gasteiger partial charge in [0.1, 0.15) is 0 Å². The maximum absolute atomic E-state index is 6.32. The summed E-state index contributed by atoms with van der Waals surface area (Å²) < 4.78 is 12.6. The van der Waals surface area contributed by atoms with Crippen LogP contribution in [0.4, 0.5) is 0 Å². The van der Waals surface area contributed by atoms with E-state index in [1.807, 2.05) is 48.5 Å². The first-order valence-corrected chi connectivity index (χ1v) is 13.4. The molecular formula is C38H29BO2. The SMILES string of the molecule is C#Cc1cccc(-c2ccc(-c3cccc(B4OC(C)(C)C(C)(C)O4)c3)cc2-c2cccc(C#C)c2C#C)c1C#C. The fourth-order valence-electron chi connectivity index (χ4n) is 5.13. The molecule has 0 unspecified atom stereocenters. The van der Waals surface area contributed by atoms with Crippen LogP contribution >= 0.6 is 0 Å². The highest BCUT2D eigenvalue weighted by atomic mass is 16.7. The first kappa shape index (κ1) is 27.7. The Morgan fingerprint density at radius 3 is 1.59 bits per heavy atom. The van der Waals surface area contributed by atoms with E-state index in [0.717, 1.165) is 38.8 Å². The van der Waals surface area contributed by atoms with Crippen LogP contribution in [0.2, 0.25) is 0 Å². The maximum Gasteiger partial charge on any atom is 0.494 e. The molecule has 5 rings (SSSR count). The molecule has 2 nitrogen and oxygen atoms in total. The molecule has 4 aromatic rings. The minimum atomic E-state index is -0.469. The summed E-state index contributed by atoms with van der Waals surface area (Å²) in [6.45, 7) is 8.20. The number of terminal acetylenes is 4. The molecule has 0 spiro atoms. The summed E-state index contributed by atoms with van der Waals surface area (Å²) in [6.07, 6.45) is 23.6. The number of benzene rings is 4. The first-order chi connectivity index (χ1) is 19.6. The molecule has 41 heavy (non-hydrogen) atoms. The largest absolute Gasteiger partial charge is 0.494 e. The van der Waals surface area contributed by atoms with E-state index in [1.54, 1.807) is 0 Å². The summed E-state index contributed by atoms with van der Waals surface area (Å²) >= 11 is 0. The van der Waals surface area contributed by atoms with Crippen LogP contribution in [0.5, 0.6) is 0 Å². The maximum atomic E-state index is 6.32. The highest BCUT2D eigenvalue weighted by Gasteiger charge is 2.51. The van der Waals surface area contributed by atoms with Gasteiger partial charge in [0.2, 0.25) is 0 Å². The number of rotatable bonds is 4. The van der Waals surface area contributed by atoms with Crippen LogP contribution in [0, 0.1) is 49.4 Å². The van der Waals surface area contributed by atoms with Gasteiger partial charge in [-0.05, 0) is 84.7 Å². The minimum absolute atomic E-state index is 0.433. The molecule has 0 aromatic heterocycles. The third-order valence-electron chi connectivity index (χ3n) is 8.07. The van der Waals surface area contributed by atoms with Crippen molar-refractivity contribution in [3.63, 3.8) is 0 Å². The predicted molar refractivity (Wildman–Crippen MR) is 170 cm³/mol. The van der Waals surface area contributed by atoms with Crippen molar-refractivity contribution in [2.45, 2.75) is 38.9 Å². The van der Waals surface area contributed by atoms with Gasteiger partial charge >= 0.3 is 7.12 Å². The van der Waals surface area contributed by atoms with Gasteiger partial charge in [0, 0.05) is 22.3 Å². The normalized spacial score (nSPS) is 14.9. The van der Waals surface area contributed by atoms with Gasteiger partial charge in [0.15, 0.2) is 0 Å². The second-order valence-corrected chi connectivity index (χ2v) is 11.0. The molecule has 3 heteroatoms. The Kier molecular flexibility index (Phi) is 7.14. The van der Waals surface area contributed by atoms with Crippen LogP contribution in [0.25, 0.3) is 33.4 Å².